The normalized spacial score (nSPS) is 14.2. The van der Waals surface area contributed by atoms with Crippen LogP contribution in [0.3, 0.4) is 0 Å². The fourth-order valence-electron chi connectivity index (χ4n) is 6.41. The predicted octanol–water partition coefficient (Wildman–Crippen LogP) is 11.1. The highest BCUT2D eigenvalue weighted by molar-refractivity contribution is 7.16. The van der Waals surface area contributed by atoms with Crippen molar-refractivity contribution in [2.75, 3.05) is 26.2 Å². The lowest BCUT2D eigenvalue weighted by Gasteiger charge is -2.38. The number of thiophene rings is 2. The summed E-state index contributed by atoms with van der Waals surface area (Å²) in [6.45, 7) is 16.8. The molecule has 0 aromatic carbocycles. The van der Waals surface area contributed by atoms with Gasteiger partial charge in [0, 0.05) is 59.2 Å². The maximum Gasteiger partial charge on any atom is 0.410 e. The van der Waals surface area contributed by atoms with Crippen LogP contribution in [0.5, 0.6) is 0 Å². The third-order valence-electron chi connectivity index (χ3n) is 9.70. The average Bonchev–Trinajstić information content (AvgIpc) is 4.01. The molecule has 6 aromatic heterocycles. The predicted molar refractivity (Wildman–Crippen MR) is 244 cm³/mol. The Bertz CT molecular complexity index is 2440. The minimum atomic E-state index is -0.529. The van der Waals surface area contributed by atoms with Crippen molar-refractivity contribution >= 4 is 69.7 Å². The Morgan fingerprint density at radius 1 is 0.762 bits per heavy atom. The summed E-state index contributed by atoms with van der Waals surface area (Å²) >= 11 is 15.1. The summed E-state index contributed by atoms with van der Waals surface area (Å²) in [5, 5.41) is 20.8. The number of furan rings is 2. The third-order valence-corrected chi connectivity index (χ3v) is 12.3. The van der Waals surface area contributed by atoms with E-state index in [0.29, 0.717) is 49.6 Å². The molecule has 2 N–H and O–H groups in total. The molecule has 2 aliphatic heterocycles. The van der Waals surface area contributed by atoms with Crippen molar-refractivity contribution in [1.29, 1.82) is 0 Å². The number of likely N-dealkylation sites (tertiary alicyclic amines) is 2. The van der Waals surface area contributed by atoms with E-state index in [1.807, 2.05) is 65.8 Å². The number of rotatable bonds is 10. The van der Waals surface area contributed by atoms with Gasteiger partial charge in [0.1, 0.15) is 29.5 Å². The minimum absolute atomic E-state index is 0.0405. The summed E-state index contributed by atoms with van der Waals surface area (Å²) in [6.07, 6.45) is 8.50. The largest absolute Gasteiger partial charge is 0.508 e. The highest BCUT2D eigenvalue weighted by Crippen LogP contribution is 2.31. The molecule has 18 heteroatoms. The molecular formula is C45H52Cl2N6O8S2. The number of nitrogens with zero attached hydrogens (tertiary/aromatic N) is 5. The number of aliphatic hydroxyl groups is 1. The number of aromatic nitrogens is 4. The number of ether oxygens (including phenoxy) is 2. The number of carbonyl (C=O) groups is 3. The molecule has 2 aliphatic rings. The smallest absolute Gasteiger partial charge is 0.410 e. The summed E-state index contributed by atoms with van der Waals surface area (Å²) < 4.78 is 23.5. The molecule has 63 heavy (non-hydrogen) atoms. The van der Waals surface area contributed by atoms with Gasteiger partial charge in [0.15, 0.2) is 0 Å². The quantitative estimate of drug-likeness (QED) is 0.126. The first-order chi connectivity index (χ1) is 29.8. The molecule has 2 saturated heterocycles. The van der Waals surface area contributed by atoms with Crippen molar-refractivity contribution in [3.63, 3.8) is 0 Å². The van der Waals surface area contributed by atoms with Gasteiger partial charge in [-0.15, -0.1) is 22.7 Å². The molecule has 8 heterocycles. The van der Waals surface area contributed by atoms with Crippen LogP contribution in [0.25, 0.3) is 5.76 Å². The second-order valence-electron chi connectivity index (χ2n) is 17.1. The second-order valence-corrected chi connectivity index (χ2v) is 20.7. The van der Waals surface area contributed by atoms with Gasteiger partial charge < -0.3 is 33.2 Å². The lowest BCUT2D eigenvalue weighted by Crippen LogP contribution is -2.50. The van der Waals surface area contributed by atoms with Crippen molar-refractivity contribution in [3.05, 3.63) is 132 Å². The lowest BCUT2D eigenvalue weighted by atomic mass is 9.96. The summed E-state index contributed by atoms with van der Waals surface area (Å²) in [5.41, 5.74) is 3.85. The zero-order chi connectivity index (χ0) is 45.5. The SMILES string of the molecule is C=C(O)c1ccoc1.CC(C)(C)OC(=O)N1CC(c2cc(CCc3ccc(Cl)s3)[nH]n2)C1.CC(C)(C)OC(=O)N1CC(c2cc(CCc3ccc(Cl)s3)n(C(=O)c3ccoc3)n2)C1. The zero-order valence-corrected chi connectivity index (χ0v) is 39.2. The van der Waals surface area contributed by atoms with Gasteiger partial charge in [0.05, 0.1) is 43.7 Å². The number of aryl methyl sites for hydroxylation is 4. The Kier molecular flexibility index (Phi) is 15.3. The first kappa shape index (κ1) is 47.2. The maximum atomic E-state index is 13.0. The molecule has 0 saturated carbocycles. The van der Waals surface area contributed by atoms with Gasteiger partial charge in [-0.05, 0) is 116 Å². The van der Waals surface area contributed by atoms with Crippen LogP contribution in [0.1, 0.15) is 102 Å². The minimum Gasteiger partial charge on any atom is -0.508 e. The van der Waals surface area contributed by atoms with Gasteiger partial charge in [-0.25, -0.2) is 14.3 Å². The standard InChI is InChI=1S/C22H24ClN3O4S.C17H22ClN3O2S.C6H6O2/c1-22(2,3)30-21(28)25-11-15(12-25)18-10-16(4-5-17-6-7-19(23)31-17)26(24-18)20(27)14-8-9-29-13-14;1-17(2,3)23-16(22)21-9-11(10-21)14-8-12(19-20-14)4-5-13-6-7-15(18)24-13;1-5(7)6-2-3-8-4-6/h6-10,13,15H,4-5,11-12H2,1-3H3;6-8,11H,4-5,9-10H2,1-3H3,(H,19,20);2-4,7H,1H2. The monoisotopic (exact) mass is 938 g/mol. The fraction of sp³-hybridized carbons (Fsp3) is 0.400. The van der Waals surface area contributed by atoms with E-state index < -0.39 is 11.2 Å². The number of nitrogens with one attached hydrogen (secondary N) is 1. The summed E-state index contributed by atoms with van der Waals surface area (Å²) in [5.74, 6) is 0.167. The zero-order valence-electron chi connectivity index (χ0n) is 36.1. The number of aromatic amines is 1. The number of carbonyl (C=O) groups excluding carboxylic acids is 3. The van der Waals surface area contributed by atoms with Crippen molar-refractivity contribution in [2.45, 2.75) is 90.3 Å². The van der Waals surface area contributed by atoms with Crippen molar-refractivity contribution < 1.29 is 37.8 Å². The topological polar surface area (TPSA) is 169 Å². The van der Waals surface area contributed by atoms with Crippen LogP contribution in [0, 0.1) is 0 Å². The van der Waals surface area contributed by atoms with E-state index in [4.69, 9.17) is 42.2 Å². The Hall–Kier alpha value is -5.29. The van der Waals surface area contributed by atoms with Crippen LogP contribution in [0.15, 0.2) is 89.0 Å². The van der Waals surface area contributed by atoms with Gasteiger partial charge in [0.2, 0.25) is 0 Å². The van der Waals surface area contributed by atoms with Gasteiger partial charge in [-0.1, -0.05) is 29.8 Å². The second kappa shape index (κ2) is 20.5. The number of hydrogen-bond donors (Lipinski definition) is 2. The summed E-state index contributed by atoms with van der Waals surface area (Å²) in [7, 11) is 0. The Morgan fingerprint density at radius 3 is 1.71 bits per heavy atom. The number of hydrogen-bond acceptors (Lipinski definition) is 12. The molecule has 6 aromatic rings. The van der Waals surface area contributed by atoms with Crippen LogP contribution >= 0.6 is 45.9 Å². The number of H-pyrrole nitrogens is 1. The molecule has 336 valence electrons. The molecule has 0 spiro atoms. The van der Waals surface area contributed by atoms with E-state index in [9.17, 15) is 14.4 Å². The Morgan fingerprint density at radius 2 is 1.27 bits per heavy atom. The molecule has 8 rings (SSSR count). The molecule has 2 amide bonds. The molecule has 0 bridgehead atoms. The van der Waals surface area contributed by atoms with Crippen LogP contribution < -0.4 is 0 Å². The Balaban J connectivity index is 0.000000182. The van der Waals surface area contributed by atoms with E-state index in [2.05, 4.69) is 38.4 Å². The molecule has 0 aliphatic carbocycles. The highest BCUT2D eigenvalue weighted by atomic mass is 35.5. The summed E-state index contributed by atoms with van der Waals surface area (Å²) in [4.78, 5) is 42.9. The van der Waals surface area contributed by atoms with Crippen LogP contribution in [0.2, 0.25) is 8.67 Å². The van der Waals surface area contributed by atoms with Crippen LogP contribution in [-0.4, -0.2) is 90.4 Å². The molecule has 0 unspecified atom stereocenters. The molecule has 14 nitrogen and oxygen atoms in total. The van der Waals surface area contributed by atoms with Gasteiger partial charge in [-0.3, -0.25) is 9.89 Å². The first-order valence-corrected chi connectivity index (χ1v) is 22.7. The highest BCUT2D eigenvalue weighted by Gasteiger charge is 2.37. The lowest BCUT2D eigenvalue weighted by molar-refractivity contribution is 0.00693. The van der Waals surface area contributed by atoms with Crippen molar-refractivity contribution in [1.82, 2.24) is 29.8 Å². The van der Waals surface area contributed by atoms with E-state index >= 15 is 0 Å². The molecule has 2 fully saturated rings. The molecular weight excluding hydrogens is 888 g/mol. The molecule has 0 atom stereocenters. The van der Waals surface area contributed by atoms with Crippen LogP contribution in [0.4, 0.5) is 9.59 Å². The van der Waals surface area contributed by atoms with E-state index in [1.165, 1.54) is 45.9 Å². The van der Waals surface area contributed by atoms with E-state index in [0.717, 1.165) is 55.6 Å². The summed E-state index contributed by atoms with van der Waals surface area (Å²) in [6, 6.07) is 15.2. The van der Waals surface area contributed by atoms with Crippen LogP contribution in [-0.2, 0) is 35.2 Å². The van der Waals surface area contributed by atoms with Crippen molar-refractivity contribution in [2.24, 2.45) is 0 Å². The number of aliphatic hydroxyl groups excluding tert-OH is 1. The van der Waals surface area contributed by atoms with Gasteiger partial charge in [0.25, 0.3) is 5.91 Å². The maximum absolute atomic E-state index is 13.0. The fourth-order valence-corrected chi connectivity index (χ4v) is 8.59. The first-order valence-electron chi connectivity index (χ1n) is 20.3. The number of halogens is 2. The van der Waals surface area contributed by atoms with Gasteiger partial charge >= 0.3 is 12.2 Å². The number of amides is 2. The van der Waals surface area contributed by atoms with E-state index in [-0.39, 0.29) is 29.8 Å². The third kappa shape index (κ3) is 13.6. The van der Waals surface area contributed by atoms with Crippen molar-refractivity contribution in [3.8, 4) is 0 Å². The molecule has 0 radical (unpaired) electrons. The van der Waals surface area contributed by atoms with E-state index in [1.54, 1.807) is 33.3 Å². The Labute approximate surface area is 384 Å². The van der Waals surface area contributed by atoms with Gasteiger partial charge in [-0.2, -0.15) is 10.2 Å². The average molecular weight is 940 g/mol.